The lowest BCUT2D eigenvalue weighted by Crippen LogP contribution is -2.23. The summed E-state index contributed by atoms with van der Waals surface area (Å²) in [5, 5.41) is 5.26. The minimum absolute atomic E-state index is 0.331. The molecule has 1 aromatic rings. The maximum absolute atomic E-state index is 4.54. The molecule has 0 radical (unpaired) electrons. The number of hydrogen-bond donors (Lipinski definition) is 1. The van der Waals surface area contributed by atoms with Crippen molar-refractivity contribution in [3.8, 4) is 0 Å². The first-order valence-electron chi connectivity index (χ1n) is 6.23. The van der Waals surface area contributed by atoms with Crippen LogP contribution in [-0.2, 0) is 0 Å². The molecule has 1 N–H and O–H groups in total. The number of benzene rings is 1. The molecule has 1 heterocycles. The molecule has 92 valence electrons. The van der Waals surface area contributed by atoms with E-state index in [1.54, 1.807) is 0 Å². The molecule has 3 heteroatoms. The summed E-state index contributed by atoms with van der Waals surface area (Å²) in [6.45, 7) is 7.49. The molecular weight excluding hydrogens is 228 g/mol. The lowest BCUT2D eigenvalue weighted by atomic mass is 10.1. The van der Waals surface area contributed by atoms with Crippen molar-refractivity contribution in [1.82, 2.24) is 5.32 Å². The fourth-order valence-corrected chi connectivity index (χ4v) is 2.86. The zero-order chi connectivity index (χ0) is 12.3. The third-order valence-electron chi connectivity index (χ3n) is 3.09. The monoisotopic (exact) mass is 248 g/mol. The van der Waals surface area contributed by atoms with E-state index in [1.165, 1.54) is 17.5 Å². The standard InChI is InChI=1S/C14H20N2S/c1-4-13-9-15-14(17-13)16-11(3)12-7-5-10(2)6-8-12/h5-8,11,13H,4,9H2,1-3H3,(H,15,16). The number of aliphatic imine (C=N–C) groups is 1. The van der Waals surface area contributed by atoms with Gasteiger partial charge in [0.05, 0.1) is 12.6 Å². The molecule has 0 amide bonds. The van der Waals surface area contributed by atoms with E-state index in [4.69, 9.17) is 0 Å². The fourth-order valence-electron chi connectivity index (χ4n) is 1.83. The van der Waals surface area contributed by atoms with Gasteiger partial charge in [-0.2, -0.15) is 0 Å². The maximum atomic E-state index is 4.54. The molecule has 0 aliphatic carbocycles. The molecule has 1 aliphatic rings. The largest absolute Gasteiger partial charge is 0.358 e. The molecule has 2 unspecified atom stereocenters. The smallest absolute Gasteiger partial charge is 0.157 e. The molecule has 2 rings (SSSR count). The average Bonchev–Trinajstić information content (AvgIpc) is 2.77. The third kappa shape index (κ3) is 3.25. The second kappa shape index (κ2) is 5.58. The lowest BCUT2D eigenvalue weighted by Gasteiger charge is -2.15. The molecule has 0 spiro atoms. The molecular formula is C14H20N2S. The summed E-state index contributed by atoms with van der Waals surface area (Å²) >= 11 is 1.88. The Labute approximate surface area is 108 Å². The van der Waals surface area contributed by atoms with Gasteiger partial charge in [-0.3, -0.25) is 4.99 Å². The summed E-state index contributed by atoms with van der Waals surface area (Å²) in [7, 11) is 0. The van der Waals surface area contributed by atoms with Crippen molar-refractivity contribution >= 4 is 16.9 Å². The van der Waals surface area contributed by atoms with Crippen LogP contribution in [-0.4, -0.2) is 17.0 Å². The van der Waals surface area contributed by atoms with Crippen LogP contribution in [0.4, 0.5) is 0 Å². The van der Waals surface area contributed by atoms with E-state index in [1.807, 2.05) is 11.8 Å². The Hall–Kier alpha value is -0.960. The van der Waals surface area contributed by atoms with Gasteiger partial charge in [-0.05, 0) is 25.8 Å². The second-order valence-corrected chi connectivity index (χ2v) is 5.86. The van der Waals surface area contributed by atoms with Crippen molar-refractivity contribution in [2.24, 2.45) is 4.99 Å². The van der Waals surface area contributed by atoms with Crippen LogP contribution in [0.1, 0.15) is 37.4 Å². The first-order valence-corrected chi connectivity index (χ1v) is 7.11. The highest BCUT2D eigenvalue weighted by Crippen LogP contribution is 2.24. The van der Waals surface area contributed by atoms with Gasteiger partial charge in [0.2, 0.25) is 0 Å². The topological polar surface area (TPSA) is 24.4 Å². The van der Waals surface area contributed by atoms with E-state index in [0.29, 0.717) is 11.3 Å². The van der Waals surface area contributed by atoms with Crippen molar-refractivity contribution in [3.63, 3.8) is 0 Å². The third-order valence-corrected chi connectivity index (χ3v) is 4.38. The highest BCUT2D eigenvalue weighted by molar-refractivity contribution is 8.14. The van der Waals surface area contributed by atoms with Crippen LogP contribution in [0, 0.1) is 6.92 Å². The van der Waals surface area contributed by atoms with Crippen LogP contribution < -0.4 is 5.32 Å². The average molecular weight is 248 g/mol. The van der Waals surface area contributed by atoms with Crippen LogP contribution in [0.15, 0.2) is 29.3 Å². The van der Waals surface area contributed by atoms with Crippen molar-refractivity contribution in [3.05, 3.63) is 35.4 Å². The Kier molecular flexibility index (Phi) is 4.11. The molecule has 17 heavy (non-hydrogen) atoms. The highest BCUT2D eigenvalue weighted by atomic mass is 32.2. The molecule has 2 nitrogen and oxygen atoms in total. The second-order valence-electron chi connectivity index (χ2n) is 4.57. The van der Waals surface area contributed by atoms with E-state index in [9.17, 15) is 0 Å². The van der Waals surface area contributed by atoms with Crippen LogP contribution >= 0.6 is 11.8 Å². The maximum Gasteiger partial charge on any atom is 0.157 e. The number of nitrogens with zero attached hydrogens (tertiary/aromatic N) is 1. The van der Waals surface area contributed by atoms with E-state index >= 15 is 0 Å². The molecule has 0 aromatic heterocycles. The summed E-state index contributed by atoms with van der Waals surface area (Å²) in [5.41, 5.74) is 2.62. The predicted octanol–water partition coefficient (Wildman–Crippen LogP) is 3.53. The first-order chi connectivity index (χ1) is 8.19. The zero-order valence-corrected chi connectivity index (χ0v) is 11.6. The van der Waals surface area contributed by atoms with E-state index in [-0.39, 0.29) is 0 Å². The summed E-state index contributed by atoms with van der Waals surface area (Å²) in [6, 6.07) is 9.02. The van der Waals surface area contributed by atoms with Gasteiger partial charge >= 0.3 is 0 Å². The molecule has 0 fully saturated rings. The summed E-state index contributed by atoms with van der Waals surface area (Å²) in [4.78, 5) is 4.54. The number of amidine groups is 1. The quantitative estimate of drug-likeness (QED) is 0.885. The Morgan fingerprint density at radius 2 is 2.12 bits per heavy atom. The minimum atomic E-state index is 0.331. The van der Waals surface area contributed by atoms with E-state index in [0.717, 1.165) is 11.7 Å². The van der Waals surface area contributed by atoms with Gasteiger partial charge in [-0.15, -0.1) is 0 Å². The van der Waals surface area contributed by atoms with Crippen LogP contribution in [0.2, 0.25) is 0 Å². The number of aryl methyl sites for hydroxylation is 1. The first kappa shape index (κ1) is 12.5. The molecule has 1 aliphatic heterocycles. The Morgan fingerprint density at radius 1 is 1.41 bits per heavy atom. The van der Waals surface area contributed by atoms with Gasteiger partial charge in [0.25, 0.3) is 0 Å². The van der Waals surface area contributed by atoms with E-state index < -0.39 is 0 Å². The van der Waals surface area contributed by atoms with Gasteiger partial charge in [-0.1, -0.05) is 48.5 Å². The van der Waals surface area contributed by atoms with Crippen molar-refractivity contribution in [2.45, 2.75) is 38.5 Å². The lowest BCUT2D eigenvalue weighted by molar-refractivity contribution is 0.722. The molecule has 0 saturated carbocycles. The van der Waals surface area contributed by atoms with Gasteiger partial charge in [0, 0.05) is 5.25 Å². The van der Waals surface area contributed by atoms with Crippen molar-refractivity contribution < 1.29 is 0 Å². The number of thioether (sulfide) groups is 1. The summed E-state index contributed by atoms with van der Waals surface area (Å²) in [6.07, 6.45) is 1.19. The zero-order valence-electron chi connectivity index (χ0n) is 10.7. The summed E-state index contributed by atoms with van der Waals surface area (Å²) < 4.78 is 0. The van der Waals surface area contributed by atoms with Gasteiger partial charge in [0.15, 0.2) is 5.17 Å². The Morgan fingerprint density at radius 3 is 2.71 bits per heavy atom. The predicted molar refractivity (Wildman–Crippen MR) is 76.7 cm³/mol. The van der Waals surface area contributed by atoms with Crippen molar-refractivity contribution in [2.75, 3.05) is 6.54 Å². The Bertz CT molecular complexity index is 397. The minimum Gasteiger partial charge on any atom is -0.358 e. The van der Waals surface area contributed by atoms with Crippen LogP contribution in [0.25, 0.3) is 0 Å². The molecule has 2 atom stereocenters. The van der Waals surface area contributed by atoms with Crippen molar-refractivity contribution in [1.29, 1.82) is 0 Å². The van der Waals surface area contributed by atoms with Gasteiger partial charge in [0.1, 0.15) is 0 Å². The molecule has 1 aromatic carbocycles. The number of hydrogen-bond acceptors (Lipinski definition) is 3. The number of rotatable bonds is 3. The summed E-state index contributed by atoms with van der Waals surface area (Å²) in [5.74, 6) is 0. The Balaban J connectivity index is 1.93. The van der Waals surface area contributed by atoms with Crippen LogP contribution in [0.5, 0.6) is 0 Å². The molecule has 0 saturated heterocycles. The fraction of sp³-hybridized carbons (Fsp3) is 0.500. The molecule has 0 bridgehead atoms. The van der Waals surface area contributed by atoms with Crippen LogP contribution in [0.3, 0.4) is 0 Å². The van der Waals surface area contributed by atoms with Gasteiger partial charge in [-0.25, -0.2) is 0 Å². The van der Waals surface area contributed by atoms with Gasteiger partial charge < -0.3 is 5.32 Å². The normalized spacial score (nSPS) is 21.1. The highest BCUT2D eigenvalue weighted by Gasteiger charge is 2.19. The SMILES string of the molecule is CCC1CN=C(NC(C)c2ccc(C)cc2)S1. The van der Waals surface area contributed by atoms with E-state index in [2.05, 4.69) is 55.3 Å². The number of nitrogens with one attached hydrogen (secondary N) is 1.